The summed E-state index contributed by atoms with van der Waals surface area (Å²) in [5, 5.41) is 0. The third-order valence-corrected chi connectivity index (χ3v) is 1.88. The zero-order valence-corrected chi connectivity index (χ0v) is 6.60. The molecule has 0 saturated heterocycles. The standard InChI is InChI=1S/C8H11N3O/c9-3-6-1-2-8(12-6)7-4-10-5-11-7/h1-2,4-6,8H,3,9H2,(H,10,11)/t6-,8-/m0/s1. The van der Waals surface area contributed by atoms with Gasteiger partial charge in [-0.15, -0.1) is 0 Å². The van der Waals surface area contributed by atoms with Gasteiger partial charge in [0.25, 0.3) is 0 Å². The van der Waals surface area contributed by atoms with Crippen LogP contribution in [0.3, 0.4) is 0 Å². The Morgan fingerprint density at radius 1 is 1.58 bits per heavy atom. The molecule has 3 N–H and O–H groups in total. The number of aromatic amines is 1. The largest absolute Gasteiger partial charge is 0.359 e. The summed E-state index contributed by atoms with van der Waals surface area (Å²) in [5.74, 6) is 0. The Morgan fingerprint density at radius 2 is 2.50 bits per heavy atom. The van der Waals surface area contributed by atoms with Crippen LogP contribution in [0.2, 0.25) is 0 Å². The highest BCUT2D eigenvalue weighted by molar-refractivity contribution is 5.13. The summed E-state index contributed by atoms with van der Waals surface area (Å²) in [4.78, 5) is 6.91. The van der Waals surface area contributed by atoms with Crippen LogP contribution in [-0.2, 0) is 4.74 Å². The van der Waals surface area contributed by atoms with E-state index in [0.29, 0.717) is 6.54 Å². The lowest BCUT2D eigenvalue weighted by Crippen LogP contribution is -2.18. The maximum absolute atomic E-state index is 5.55. The van der Waals surface area contributed by atoms with Gasteiger partial charge in [-0.05, 0) is 0 Å². The molecule has 0 bridgehead atoms. The van der Waals surface area contributed by atoms with Crippen LogP contribution in [0.25, 0.3) is 0 Å². The first kappa shape index (κ1) is 7.52. The van der Waals surface area contributed by atoms with E-state index < -0.39 is 0 Å². The third kappa shape index (κ3) is 1.26. The number of H-pyrrole nitrogens is 1. The van der Waals surface area contributed by atoms with Gasteiger partial charge >= 0.3 is 0 Å². The molecule has 4 heteroatoms. The Morgan fingerprint density at radius 3 is 3.08 bits per heavy atom. The molecule has 1 aromatic rings. The molecule has 2 atom stereocenters. The molecule has 2 heterocycles. The van der Waals surface area contributed by atoms with Crippen molar-refractivity contribution in [3.8, 4) is 0 Å². The first-order valence-electron chi connectivity index (χ1n) is 3.92. The van der Waals surface area contributed by atoms with Crippen LogP contribution in [0.1, 0.15) is 11.8 Å². The lowest BCUT2D eigenvalue weighted by atomic mass is 10.3. The van der Waals surface area contributed by atoms with Crippen molar-refractivity contribution < 1.29 is 4.74 Å². The van der Waals surface area contributed by atoms with Crippen LogP contribution in [0, 0.1) is 0 Å². The number of rotatable bonds is 2. The highest BCUT2D eigenvalue weighted by Gasteiger charge is 2.19. The summed E-state index contributed by atoms with van der Waals surface area (Å²) in [6.07, 6.45) is 7.42. The molecule has 0 aromatic carbocycles. The molecular formula is C8H11N3O. The van der Waals surface area contributed by atoms with Crippen LogP contribution >= 0.6 is 0 Å². The Labute approximate surface area is 70.4 Å². The van der Waals surface area contributed by atoms with Crippen LogP contribution in [0.5, 0.6) is 0 Å². The molecular weight excluding hydrogens is 154 g/mol. The van der Waals surface area contributed by atoms with Crippen molar-refractivity contribution in [3.05, 3.63) is 30.4 Å². The third-order valence-electron chi connectivity index (χ3n) is 1.88. The van der Waals surface area contributed by atoms with Gasteiger partial charge in [-0.25, -0.2) is 4.98 Å². The molecule has 0 fully saturated rings. The van der Waals surface area contributed by atoms with Crippen LogP contribution in [0.15, 0.2) is 24.7 Å². The van der Waals surface area contributed by atoms with Crippen LogP contribution in [-0.4, -0.2) is 22.6 Å². The Hall–Kier alpha value is -1.13. The topological polar surface area (TPSA) is 63.9 Å². The fourth-order valence-electron chi connectivity index (χ4n) is 1.24. The summed E-state index contributed by atoms with van der Waals surface area (Å²) >= 11 is 0. The van der Waals surface area contributed by atoms with Gasteiger partial charge in [-0.3, -0.25) is 0 Å². The van der Waals surface area contributed by atoms with Crippen molar-refractivity contribution in [2.45, 2.75) is 12.2 Å². The lowest BCUT2D eigenvalue weighted by Gasteiger charge is -2.10. The number of hydrogen-bond acceptors (Lipinski definition) is 3. The fourth-order valence-corrected chi connectivity index (χ4v) is 1.24. The van der Waals surface area contributed by atoms with Gasteiger partial charge in [-0.1, -0.05) is 12.2 Å². The molecule has 0 radical (unpaired) electrons. The van der Waals surface area contributed by atoms with Gasteiger partial charge in [0.15, 0.2) is 0 Å². The van der Waals surface area contributed by atoms with Crippen molar-refractivity contribution in [2.24, 2.45) is 5.73 Å². The van der Waals surface area contributed by atoms with E-state index in [4.69, 9.17) is 10.5 Å². The average Bonchev–Trinajstić information content (AvgIpc) is 2.75. The fraction of sp³-hybridized carbons (Fsp3) is 0.375. The highest BCUT2D eigenvalue weighted by atomic mass is 16.5. The summed E-state index contributed by atoms with van der Waals surface area (Å²) in [7, 11) is 0. The molecule has 0 saturated carbocycles. The number of aromatic nitrogens is 2. The van der Waals surface area contributed by atoms with Crippen molar-refractivity contribution >= 4 is 0 Å². The molecule has 0 aliphatic carbocycles. The summed E-state index contributed by atoms with van der Waals surface area (Å²) in [6, 6.07) is 0. The predicted molar refractivity (Wildman–Crippen MR) is 44.4 cm³/mol. The van der Waals surface area contributed by atoms with Gasteiger partial charge in [-0.2, -0.15) is 0 Å². The maximum atomic E-state index is 5.55. The number of nitrogens with zero attached hydrogens (tertiary/aromatic N) is 1. The van der Waals surface area contributed by atoms with Crippen molar-refractivity contribution in [1.82, 2.24) is 9.97 Å². The molecule has 12 heavy (non-hydrogen) atoms. The van der Waals surface area contributed by atoms with E-state index in [-0.39, 0.29) is 12.2 Å². The molecule has 0 amide bonds. The van der Waals surface area contributed by atoms with E-state index in [1.807, 2.05) is 12.2 Å². The number of ether oxygens (including phenoxy) is 1. The molecule has 1 aliphatic heterocycles. The van der Waals surface area contributed by atoms with E-state index in [1.54, 1.807) is 12.5 Å². The smallest absolute Gasteiger partial charge is 0.118 e. The number of imidazole rings is 1. The first-order chi connectivity index (χ1) is 5.90. The monoisotopic (exact) mass is 165 g/mol. The SMILES string of the molecule is NC[C@@H]1C=C[C@@H](c2cnc[nH]2)O1. The van der Waals surface area contributed by atoms with E-state index in [2.05, 4.69) is 9.97 Å². The van der Waals surface area contributed by atoms with Gasteiger partial charge in [0.1, 0.15) is 6.10 Å². The Bertz CT molecular complexity index is 268. The summed E-state index contributed by atoms with van der Waals surface area (Å²) in [6.45, 7) is 0.529. The minimum atomic E-state index is 0.000972. The lowest BCUT2D eigenvalue weighted by molar-refractivity contribution is 0.0635. The minimum absolute atomic E-state index is 0.000972. The van der Waals surface area contributed by atoms with E-state index >= 15 is 0 Å². The second-order valence-corrected chi connectivity index (χ2v) is 2.72. The van der Waals surface area contributed by atoms with Crippen molar-refractivity contribution in [1.29, 1.82) is 0 Å². The summed E-state index contributed by atoms with van der Waals surface area (Å²) in [5.41, 5.74) is 6.42. The van der Waals surface area contributed by atoms with E-state index in [0.717, 1.165) is 5.69 Å². The normalized spacial score (nSPS) is 28.1. The van der Waals surface area contributed by atoms with Gasteiger partial charge in [0, 0.05) is 6.54 Å². The quantitative estimate of drug-likeness (QED) is 0.622. The van der Waals surface area contributed by atoms with Gasteiger partial charge in [0.2, 0.25) is 0 Å². The number of nitrogens with one attached hydrogen (secondary N) is 1. The molecule has 2 rings (SSSR count). The Kier molecular flexibility index (Phi) is 1.93. The van der Waals surface area contributed by atoms with Gasteiger partial charge < -0.3 is 15.5 Å². The van der Waals surface area contributed by atoms with Gasteiger partial charge in [0.05, 0.1) is 24.3 Å². The molecule has 1 aromatic heterocycles. The molecule has 0 unspecified atom stereocenters. The molecule has 1 aliphatic rings. The number of hydrogen-bond donors (Lipinski definition) is 2. The van der Waals surface area contributed by atoms with E-state index in [9.17, 15) is 0 Å². The zero-order chi connectivity index (χ0) is 8.39. The predicted octanol–water partition coefficient (Wildman–Crippen LogP) is 0.364. The van der Waals surface area contributed by atoms with Crippen LogP contribution in [0.4, 0.5) is 0 Å². The first-order valence-corrected chi connectivity index (χ1v) is 3.92. The van der Waals surface area contributed by atoms with Crippen molar-refractivity contribution in [3.63, 3.8) is 0 Å². The molecule has 64 valence electrons. The maximum Gasteiger partial charge on any atom is 0.118 e. The highest BCUT2D eigenvalue weighted by Crippen LogP contribution is 2.23. The molecule has 4 nitrogen and oxygen atoms in total. The minimum Gasteiger partial charge on any atom is -0.359 e. The van der Waals surface area contributed by atoms with E-state index in [1.165, 1.54) is 0 Å². The zero-order valence-electron chi connectivity index (χ0n) is 6.60. The molecule has 0 spiro atoms. The Balaban J connectivity index is 2.06. The van der Waals surface area contributed by atoms with Crippen molar-refractivity contribution in [2.75, 3.05) is 6.54 Å². The number of nitrogens with two attached hydrogens (primary N) is 1. The second-order valence-electron chi connectivity index (χ2n) is 2.72. The summed E-state index contributed by atoms with van der Waals surface area (Å²) < 4.78 is 5.55. The van der Waals surface area contributed by atoms with Crippen LogP contribution < -0.4 is 5.73 Å². The average molecular weight is 165 g/mol. The second kappa shape index (κ2) is 3.08.